The first kappa shape index (κ1) is 18.2. The van der Waals surface area contributed by atoms with Crippen molar-refractivity contribution in [2.24, 2.45) is 0 Å². The smallest absolute Gasteiger partial charge is 0.248 e. The van der Waals surface area contributed by atoms with Crippen molar-refractivity contribution in [1.82, 2.24) is 4.90 Å². The van der Waals surface area contributed by atoms with E-state index in [0.717, 1.165) is 4.88 Å². The molecular weight excluding hydrogens is 366 g/mol. The Bertz CT molecular complexity index is 881. The average molecular weight is 383 g/mol. The summed E-state index contributed by atoms with van der Waals surface area (Å²) in [5.74, 6) is 0.687. The number of thioether (sulfide) groups is 1. The molecule has 1 aliphatic heterocycles. The first-order valence-electron chi connectivity index (χ1n) is 8.01. The third-order valence-electron chi connectivity index (χ3n) is 3.90. The summed E-state index contributed by atoms with van der Waals surface area (Å²) in [5, 5.41) is 11.6. The van der Waals surface area contributed by atoms with Crippen molar-refractivity contribution in [2.45, 2.75) is 13.0 Å². The Labute approximate surface area is 160 Å². The van der Waals surface area contributed by atoms with E-state index in [9.17, 15) is 9.59 Å². The highest BCUT2D eigenvalue weighted by Gasteiger charge is 2.33. The number of rotatable bonds is 4. The van der Waals surface area contributed by atoms with E-state index in [1.54, 1.807) is 58.3 Å². The molecule has 2 heterocycles. The summed E-state index contributed by atoms with van der Waals surface area (Å²) in [5.41, 5.74) is 1.15. The van der Waals surface area contributed by atoms with Gasteiger partial charge in [-0.05, 0) is 49.4 Å². The number of amides is 2. The van der Waals surface area contributed by atoms with Crippen molar-refractivity contribution in [1.29, 1.82) is 5.26 Å². The van der Waals surface area contributed by atoms with Crippen LogP contribution in [0, 0.1) is 18.3 Å². The van der Waals surface area contributed by atoms with Crippen LogP contribution in [0.3, 0.4) is 0 Å². The zero-order valence-electron chi connectivity index (χ0n) is 14.1. The molecule has 0 spiro atoms. The Kier molecular flexibility index (Phi) is 5.76. The number of benzene rings is 1. The molecule has 5 nitrogen and oxygen atoms in total. The monoisotopic (exact) mass is 383 g/mol. The minimum absolute atomic E-state index is 0.166. The van der Waals surface area contributed by atoms with Gasteiger partial charge in [-0.2, -0.15) is 5.26 Å². The van der Waals surface area contributed by atoms with E-state index in [4.69, 9.17) is 5.26 Å². The Morgan fingerprint density at radius 3 is 2.69 bits per heavy atom. The Hall–Kier alpha value is -2.56. The topological polar surface area (TPSA) is 73.2 Å². The lowest BCUT2D eigenvalue weighted by molar-refractivity contribution is -0.132. The minimum Gasteiger partial charge on any atom is -0.324 e. The SMILES string of the molecule is Cc1ccc(/C=C/C(=O)N2CSC[C@@H]2C(=O)Nc2ccc(C#N)cc2)s1. The second-order valence-electron chi connectivity index (χ2n) is 5.78. The molecule has 0 unspecified atom stereocenters. The van der Waals surface area contributed by atoms with Crippen molar-refractivity contribution >= 4 is 46.7 Å². The maximum Gasteiger partial charge on any atom is 0.248 e. The molecule has 3 rings (SSSR count). The molecular formula is C19H17N3O2S2. The van der Waals surface area contributed by atoms with Gasteiger partial charge in [0.15, 0.2) is 0 Å². The lowest BCUT2D eigenvalue weighted by atomic mass is 10.2. The fourth-order valence-electron chi connectivity index (χ4n) is 2.52. The first-order valence-corrected chi connectivity index (χ1v) is 9.98. The molecule has 1 atom stereocenters. The van der Waals surface area contributed by atoms with E-state index < -0.39 is 6.04 Å². The van der Waals surface area contributed by atoms with Gasteiger partial charge in [0.2, 0.25) is 11.8 Å². The molecule has 132 valence electrons. The van der Waals surface area contributed by atoms with Crippen molar-refractivity contribution in [3.05, 3.63) is 57.8 Å². The van der Waals surface area contributed by atoms with Gasteiger partial charge >= 0.3 is 0 Å². The summed E-state index contributed by atoms with van der Waals surface area (Å²) in [6, 6.07) is 12.2. The maximum absolute atomic E-state index is 12.6. The number of hydrogen-bond donors (Lipinski definition) is 1. The van der Waals surface area contributed by atoms with E-state index in [0.29, 0.717) is 22.9 Å². The van der Waals surface area contributed by atoms with Crippen LogP contribution in [0.2, 0.25) is 0 Å². The zero-order chi connectivity index (χ0) is 18.5. The highest BCUT2D eigenvalue weighted by Crippen LogP contribution is 2.23. The summed E-state index contributed by atoms with van der Waals surface area (Å²) in [7, 11) is 0. The highest BCUT2D eigenvalue weighted by atomic mass is 32.2. The van der Waals surface area contributed by atoms with E-state index >= 15 is 0 Å². The predicted molar refractivity (Wildman–Crippen MR) is 106 cm³/mol. The summed E-state index contributed by atoms with van der Waals surface area (Å²) in [6.45, 7) is 2.02. The molecule has 1 aliphatic rings. The van der Waals surface area contributed by atoms with Gasteiger partial charge in [-0.1, -0.05) is 0 Å². The third kappa shape index (κ3) is 4.34. The number of nitrogens with one attached hydrogen (secondary N) is 1. The molecule has 0 aliphatic carbocycles. The van der Waals surface area contributed by atoms with Gasteiger partial charge in [0.1, 0.15) is 6.04 Å². The molecule has 1 fully saturated rings. The van der Waals surface area contributed by atoms with Gasteiger partial charge in [0.05, 0.1) is 17.5 Å². The molecule has 0 radical (unpaired) electrons. The number of aryl methyl sites for hydroxylation is 1. The van der Waals surface area contributed by atoms with Crippen LogP contribution in [-0.4, -0.2) is 34.4 Å². The van der Waals surface area contributed by atoms with E-state index in [-0.39, 0.29) is 11.8 Å². The maximum atomic E-state index is 12.6. The van der Waals surface area contributed by atoms with Crippen LogP contribution in [0.15, 0.2) is 42.5 Å². The van der Waals surface area contributed by atoms with Gasteiger partial charge in [-0.25, -0.2) is 0 Å². The summed E-state index contributed by atoms with van der Waals surface area (Å²) in [6.07, 6.45) is 3.32. The largest absolute Gasteiger partial charge is 0.324 e. The molecule has 1 aromatic carbocycles. The number of carbonyl (C=O) groups is 2. The number of carbonyl (C=O) groups excluding carboxylic acids is 2. The molecule has 26 heavy (non-hydrogen) atoms. The summed E-state index contributed by atoms with van der Waals surface area (Å²) >= 11 is 3.18. The van der Waals surface area contributed by atoms with Crippen molar-refractivity contribution in [3.8, 4) is 6.07 Å². The third-order valence-corrected chi connectivity index (χ3v) is 5.88. The Balaban J connectivity index is 1.64. The zero-order valence-corrected chi connectivity index (χ0v) is 15.8. The van der Waals surface area contributed by atoms with Crippen LogP contribution in [0.5, 0.6) is 0 Å². The predicted octanol–water partition coefficient (Wildman–Crippen LogP) is 3.48. The molecule has 1 N–H and O–H groups in total. The number of anilines is 1. The second kappa shape index (κ2) is 8.21. The lowest BCUT2D eigenvalue weighted by Gasteiger charge is -2.21. The molecule has 7 heteroatoms. The van der Waals surface area contributed by atoms with Crippen LogP contribution >= 0.6 is 23.1 Å². The van der Waals surface area contributed by atoms with Crippen LogP contribution in [-0.2, 0) is 9.59 Å². The van der Waals surface area contributed by atoms with E-state index in [1.165, 1.54) is 11.0 Å². The fourth-order valence-corrected chi connectivity index (χ4v) is 4.47. The van der Waals surface area contributed by atoms with Crippen LogP contribution in [0.25, 0.3) is 6.08 Å². The first-order chi connectivity index (χ1) is 12.6. The quantitative estimate of drug-likeness (QED) is 0.821. The second-order valence-corrected chi connectivity index (χ2v) is 8.10. The van der Waals surface area contributed by atoms with Crippen molar-refractivity contribution < 1.29 is 9.59 Å². The molecule has 0 bridgehead atoms. The van der Waals surface area contributed by atoms with Crippen LogP contribution < -0.4 is 5.32 Å². The summed E-state index contributed by atoms with van der Waals surface area (Å²) in [4.78, 5) is 28.8. The Morgan fingerprint density at radius 2 is 2.04 bits per heavy atom. The molecule has 0 saturated carbocycles. The van der Waals surface area contributed by atoms with Crippen molar-refractivity contribution in [2.75, 3.05) is 16.9 Å². The van der Waals surface area contributed by atoms with Gasteiger partial charge in [0, 0.05) is 27.3 Å². The normalized spacial score (nSPS) is 16.6. The molecule has 1 saturated heterocycles. The number of thiophene rings is 1. The molecule has 2 amide bonds. The van der Waals surface area contributed by atoms with E-state index in [1.807, 2.05) is 25.1 Å². The Morgan fingerprint density at radius 1 is 1.27 bits per heavy atom. The molecule has 2 aromatic rings. The average Bonchev–Trinajstić information content (AvgIpc) is 3.29. The number of nitriles is 1. The van der Waals surface area contributed by atoms with Crippen LogP contribution in [0.1, 0.15) is 15.3 Å². The summed E-state index contributed by atoms with van der Waals surface area (Å²) < 4.78 is 0. The van der Waals surface area contributed by atoms with Gasteiger partial charge in [-0.3, -0.25) is 9.59 Å². The van der Waals surface area contributed by atoms with Crippen molar-refractivity contribution in [3.63, 3.8) is 0 Å². The minimum atomic E-state index is -0.502. The van der Waals surface area contributed by atoms with Gasteiger partial charge in [-0.15, -0.1) is 23.1 Å². The van der Waals surface area contributed by atoms with Gasteiger partial charge in [0.25, 0.3) is 0 Å². The standard InChI is InChI=1S/C19H17N3O2S2/c1-13-2-7-16(26-13)8-9-18(23)22-12-25-11-17(22)19(24)21-15-5-3-14(10-20)4-6-15/h2-9,17H,11-12H2,1H3,(H,21,24)/b9-8+/t17-/m1/s1. The van der Waals surface area contributed by atoms with E-state index in [2.05, 4.69) is 5.32 Å². The van der Waals surface area contributed by atoms with Crippen LogP contribution in [0.4, 0.5) is 5.69 Å². The van der Waals surface area contributed by atoms with Gasteiger partial charge < -0.3 is 10.2 Å². The number of nitrogens with zero attached hydrogens (tertiary/aromatic N) is 2. The highest BCUT2D eigenvalue weighted by molar-refractivity contribution is 7.99. The number of hydrogen-bond acceptors (Lipinski definition) is 5. The molecule has 1 aromatic heterocycles. The fraction of sp³-hybridized carbons (Fsp3) is 0.211. The lowest BCUT2D eigenvalue weighted by Crippen LogP contribution is -2.43.